The molecule has 73 heavy (non-hydrogen) atoms. The Morgan fingerprint density at radius 2 is 0.671 bits per heavy atom. The Morgan fingerprint density at radius 1 is 0.370 bits per heavy atom. The van der Waals surface area contributed by atoms with Crippen molar-refractivity contribution in [3.63, 3.8) is 0 Å². The topological polar surface area (TPSA) is 22.8 Å². The number of hydrogen-bond acceptors (Lipinski definition) is 4. The normalized spacial score (nSPS) is 13.1. The molecule has 4 heterocycles. The molecule has 0 aliphatic carbocycles. The van der Waals surface area contributed by atoms with Crippen LogP contribution in [0, 0.1) is 0 Å². The van der Waals surface area contributed by atoms with Gasteiger partial charge in [0.2, 0.25) is 0 Å². The Kier molecular flexibility index (Phi) is 11.8. The van der Waals surface area contributed by atoms with E-state index in [1.165, 1.54) is 72.6 Å². The van der Waals surface area contributed by atoms with Crippen LogP contribution in [0.15, 0.2) is 176 Å². The van der Waals surface area contributed by atoms with Crippen LogP contribution < -0.4 is 36.0 Å². The fourth-order valence-electron chi connectivity index (χ4n) is 12.7. The van der Waals surface area contributed by atoms with Crippen LogP contribution in [-0.4, -0.2) is 38.0 Å². The lowest BCUT2D eigenvalue weighted by Gasteiger charge is -2.51. The fraction of sp³-hybridized carbons (Fsp3) is 0.303. The van der Waals surface area contributed by atoms with Gasteiger partial charge in [-0.3, -0.25) is 9.13 Å². The zero-order valence-corrected chi connectivity index (χ0v) is 45.3. The van der Waals surface area contributed by atoms with Gasteiger partial charge in [0.15, 0.2) is 0 Å². The standard InChI is InChI=1S/C66H73BN6/c1-13-63(5,6)72(64(7,8)14-2)58-44-50-54(68(46-30-21-17-22-31-46)47-32-23-18-24-33-47)42-40-52-61(50)70(58)56-38-29-39-57-60(56)67(52)53-41-43-55(69(48-34-25-19-26-35-48)49-36-27-20-28-37-49)51-45-59(71(57)62(51)53)73(65(9,10)15-3)66(11,12)16-4/h17-45H,13-16H2,1-12H3. The molecule has 11 rings (SSSR count). The van der Waals surface area contributed by atoms with E-state index in [-0.39, 0.29) is 28.9 Å². The van der Waals surface area contributed by atoms with E-state index in [2.05, 4.69) is 288 Å². The molecule has 0 fully saturated rings. The molecule has 0 spiro atoms. The largest absolute Gasteiger partial charge is 0.347 e. The minimum Gasteiger partial charge on any atom is -0.347 e. The number of benzene rings is 7. The molecule has 0 radical (unpaired) electrons. The monoisotopic (exact) mass is 961 g/mol. The van der Waals surface area contributed by atoms with Gasteiger partial charge in [0.25, 0.3) is 6.71 Å². The van der Waals surface area contributed by atoms with Gasteiger partial charge in [-0.15, -0.1) is 0 Å². The molecule has 0 saturated heterocycles. The summed E-state index contributed by atoms with van der Waals surface area (Å²) in [6.45, 7) is 28.9. The van der Waals surface area contributed by atoms with Gasteiger partial charge in [-0.05, 0) is 182 Å². The van der Waals surface area contributed by atoms with Crippen molar-refractivity contribution in [3.05, 3.63) is 176 Å². The summed E-state index contributed by atoms with van der Waals surface area (Å²) in [6, 6.07) is 65.8. The minimum atomic E-state index is -0.165. The molecule has 0 N–H and O–H groups in total. The Morgan fingerprint density at radius 3 is 0.959 bits per heavy atom. The van der Waals surface area contributed by atoms with E-state index >= 15 is 0 Å². The SMILES string of the molecule is CCC(C)(C)N(c1cc2c(N(c3ccccc3)c3ccccc3)ccc3c2n1-c1cccc2c1B3c1ccc(N(c3ccccc3)c3ccccc3)c3cc(N(C(C)(C)CC)C(C)(C)CC)n-2c13)C(C)(C)CC. The highest BCUT2D eigenvalue weighted by Gasteiger charge is 2.47. The minimum absolute atomic E-state index is 0.0350. The van der Waals surface area contributed by atoms with Gasteiger partial charge in [0.1, 0.15) is 11.6 Å². The van der Waals surface area contributed by atoms with E-state index in [0.717, 1.165) is 48.4 Å². The maximum atomic E-state index is 2.77. The molecule has 0 unspecified atom stereocenters. The average Bonchev–Trinajstić information content (AvgIpc) is 3.99. The summed E-state index contributed by atoms with van der Waals surface area (Å²) in [5.41, 5.74) is 15.3. The maximum Gasteiger partial charge on any atom is 0.252 e. The number of aromatic nitrogens is 2. The molecular formula is C66H73BN6. The summed E-state index contributed by atoms with van der Waals surface area (Å²) >= 11 is 0. The van der Waals surface area contributed by atoms with Crippen molar-refractivity contribution in [2.45, 2.75) is 131 Å². The number of nitrogens with zero attached hydrogens (tertiary/aromatic N) is 6. The van der Waals surface area contributed by atoms with Crippen LogP contribution in [0.4, 0.5) is 45.8 Å². The second-order valence-electron chi connectivity index (χ2n) is 23.0. The van der Waals surface area contributed by atoms with Gasteiger partial charge in [-0.1, -0.05) is 119 Å². The van der Waals surface area contributed by atoms with E-state index in [0.29, 0.717) is 0 Å². The van der Waals surface area contributed by atoms with Gasteiger partial charge in [0, 0.05) is 67.1 Å². The third-order valence-electron chi connectivity index (χ3n) is 17.2. The molecule has 2 aliphatic rings. The molecule has 0 amide bonds. The number of para-hydroxylation sites is 4. The number of hydrogen-bond donors (Lipinski definition) is 0. The van der Waals surface area contributed by atoms with Gasteiger partial charge < -0.3 is 19.6 Å². The first-order chi connectivity index (χ1) is 35.1. The summed E-state index contributed by atoms with van der Waals surface area (Å²) in [6.07, 6.45) is 3.97. The van der Waals surface area contributed by atoms with Crippen molar-refractivity contribution in [1.82, 2.24) is 9.13 Å². The second kappa shape index (κ2) is 17.8. The number of rotatable bonds is 16. The van der Waals surface area contributed by atoms with Crippen molar-refractivity contribution in [2.24, 2.45) is 0 Å². The van der Waals surface area contributed by atoms with Crippen molar-refractivity contribution in [3.8, 4) is 11.4 Å². The third kappa shape index (κ3) is 7.51. The highest BCUT2D eigenvalue weighted by molar-refractivity contribution is 7.00. The van der Waals surface area contributed by atoms with E-state index in [9.17, 15) is 0 Å². The van der Waals surface area contributed by atoms with Crippen molar-refractivity contribution < 1.29 is 0 Å². The molecule has 0 atom stereocenters. The smallest absolute Gasteiger partial charge is 0.252 e. The molecule has 370 valence electrons. The van der Waals surface area contributed by atoms with Gasteiger partial charge >= 0.3 is 0 Å². The third-order valence-corrected chi connectivity index (χ3v) is 17.2. The summed E-state index contributed by atoms with van der Waals surface area (Å²) in [4.78, 5) is 10.5. The molecule has 7 aromatic carbocycles. The summed E-state index contributed by atoms with van der Waals surface area (Å²) in [7, 11) is 0. The highest BCUT2D eigenvalue weighted by Crippen LogP contribution is 2.50. The van der Waals surface area contributed by atoms with Crippen LogP contribution in [-0.2, 0) is 0 Å². The first-order valence-electron chi connectivity index (χ1n) is 27.0. The molecule has 7 heteroatoms. The van der Waals surface area contributed by atoms with Crippen LogP contribution in [0.5, 0.6) is 0 Å². The Hall–Kier alpha value is -7.12. The Labute approximate surface area is 435 Å². The zero-order chi connectivity index (χ0) is 51.2. The summed E-state index contributed by atoms with van der Waals surface area (Å²) in [5.74, 6) is 2.47. The zero-order valence-electron chi connectivity index (χ0n) is 45.3. The van der Waals surface area contributed by atoms with E-state index in [1.807, 2.05) is 0 Å². The maximum absolute atomic E-state index is 2.77. The molecule has 2 aliphatic heterocycles. The van der Waals surface area contributed by atoms with Crippen LogP contribution in [0.25, 0.3) is 33.2 Å². The van der Waals surface area contributed by atoms with Crippen molar-refractivity contribution in [2.75, 3.05) is 19.6 Å². The summed E-state index contributed by atoms with van der Waals surface area (Å²) in [5, 5.41) is 2.49. The van der Waals surface area contributed by atoms with Crippen LogP contribution in [0.2, 0.25) is 0 Å². The Balaban J connectivity index is 1.29. The first-order valence-corrected chi connectivity index (χ1v) is 27.0. The van der Waals surface area contributed by atoms with Crippen LogP contribution >= 0.6 is 0 Å². The lowest BCUT2D eigenvalue weighted by molar-refractivity contribution is 0.319. The molecule has 9 aromatic rings. The predicted molar refractivity (Wildman–Crippen MR) is 317 cm³/mol. The molecule has 2 aromatic heterocycles. The van der Waals surface area contributed by atoms with Gasteiger partial charge in [0.05, 0.1) is 22.4 Å². The molecule has 0 bridgehead atoms. The molecule has 6 nitrogen and oxygen atoms in total. The quantitative estimate of drug-likeness (QED) is 0.0900. The number of fused-ring (bicyclic) bond motifs is 4. The van der Waals surface area contributed by atoms with E-state index in [1.54, 1.807) is 0 Å². The molecule has 0 saturated carbocycles. The first kappa shape index (κ1) is 48.2. The predicted octanol–water partition coefficient (Wildman–Crippen LogP) is 16.0. The average molecular weight is 961 g/mol. The molecular weight excluding hydrogens is 888 g/mol. The van der Waals surface area contributed by atoms with E-state index in [4.69, 9.17) is 0 Å². The van der Waals surface area contributed by atoms with Crippen LogP contribution in [0.1, 0.15) is 109 Å². The highest BCUT2D eigenvalue weighted by atomic mass is 15.3. The van der Waals surface area contributed by atoms with Crippen molar-refractivity contribution >= 4 is 90.7 Å². The fourth-order valence-corrected chi connectivity index (χ4v) is 12.7. The Bertz CT molecular complexity index is 3140. The van der Waals surface area contributed by atoms with Gasteiger partial charge in [-0.25, -0.2) is 0 Å². The van der Waals surface area contributed by atoms with Crippen LogP contribution in [0.3, 0.4) is 0 Å². The summed E-state index contributed by atoms with van der Waals surface area (Å²) < 4.78 is 5.37. The lowest BCUT2D eigenvalue weighted by atomic mass is 9.34. The number of anilines is 8. The van der Waals surface area contributed by atoms with Gasteiger partial charge in [-0.2, -0.15) is 0 Å². The lowest BCUT2D eigenvalue weighted by Crippen LogP contribution is -2.61. The second-order valence-corrected chi connectivity index (χ2v) is 23.0. The van der Waals surface area contributed by atoms with E-state index < -0.39 is 0 Å². The van der Waals surface area contributed by atoms with Crippen molar-refractivity contribution in [1.29, 1.82) is 0 Å².